The Bertz CT molecular complexity index is 1140. The molecule has 0 fully saturated rings. The molecule has 0 aliphatic heterocycles. The first kappa shape index (κ1) is 18.2. The molecule has 4 nitrogen and oxygen atoms in total. The molecule has 0 N–H and O–H groups in total. The second-order valence-corrected chi connectivity index (χ2v) is 7.47. The van der Waals surface area contributed by atoms with Gasteiger partial charge in [0.25, 0.3) is 0 Å². The van der Waals surface area contributed by atoms with Gasteiger partial charge in [0.15, 0.2) is 5.65 Å². The van der Waals surface area contributed by atoms with Gasteiger partial charge in [-0.05, 0) is 69.0 Å². The monoisotopic (exact) mass is 371 g/mol. The van der Waals surface area contributed by atoms with Crippen LogP contribution in [0.25, 0.3) is 16.7 Å². The molecule has 2 aromatic heterocycles. The van der Waals surface area contributed by atoms with Crippen LogP contribution in [0.4, 0.5) is 0 Å². The minimum absolute atomic E-state index is 0.508. The summed E-state index contributed by atoms with van der Waals surface area (Å²) in [4.78, 5) is 4.80. The Morgan fingerprint density at radius 1 is 0.857 bits per heavy atom. The van der Waals surface area contributed by atoms with Gasteiger partial charge in [-0.3, -0.25) is 0 Å². The molecule has 28 heavy (non-hydrogen) atoms. The number of hydrogen-bond acceptors (Lipinski definition) is 3. The molecule has 0 radical (unpaired) electrons. The molecule has 142 valence electrons. The maximum atomic E-state index is 6.13. The van der Waals surface area contributed by atoms with Crippen molar-refractivity contribution in [3.63, 3.8) is 0 Å². The first-order valence-electron chi connectivity index (χ1n) is 9.56. The summed E-state index contributed by atoms with van der Waals surface area (Å²) in [6, 6.07) is 16.5. The van der Waals surface area contributed by atoms with Crippen LogP contribution >= 0.6 is 0 Å². The van der Waals surface area contributed by atoms with E-state index in [0.29, 0.717) is 12.5 Å². The Morgan fingerprint density at radius 3 is 2.21 bits per heavy atom. The zero-order valence-corrected chi connectivity index (χ0v) is 17.1. The minimum Gasteiger partial charge on any atom is -0.473 e. The largest absolute Gasteiger partial charge is 0.473 e. The zero-order valence-electron chi connectivity index (χ0n) is 17.1. The normalized spacial score (nSPS) is 11.2. The third-order valence-corrected chi connectivity index (χ3v) is 5.19. The highest BCUT2D eigenvalue weighted by Gasteiger charge is 2.15. The van der Waals surface area contributed by atoms with Gasteiger partial charge in [0.2, 0.25) is 5.88 Å². The van der Waals surface area contributed by atoms with Gasteiger partial charge in [0, 0.05) is 11.5 Å². The topological polar surface area (TPSA) is 39.9 Å². The van der Waals surface area contributed by atoms with Crippen molar-refractivity contribution >= 4 is 11.0 Å². The van der Waals surface area contributed by atoms with Crippen molar-refractivity contribution in [2.45, 2.75) is 41.2 Å². The second kappa shape index (κ2) is 7.12. The summed E-state index contributed by atoms with van der Waals surface area (Å²) in [7, 11) is 0. The van der Waals surface area contributed by atoms with Gasteiger partial charge in [-0.1, -0.05) is 35.9 Å². The molecule has 4 rings (SSSR count). The van der Waals surface area contributed by atoms with E-state index in [1.165, 1.54) is 22.3 Å². The number of aryl methyl sites for hydroxylation is 5. The standard InChI is InChI=1S/C24H25N3O/c1-15-11-16(2)21(17(3)12-15)14-28-22-13-18(4)23-19(5)26-27(24(23)25-22)20-9-7-6-8-10-20/h6-13H,14H2,1-5H3. The number of aromatic nitrogens is 3. The summed E-state index contributed by atoms with van der Waals surface area (Å²) in [6.07, 6.45) is 0. The summed E-state index contributed by atoms with van der Waals surface area (Å²) >= 11 is 0. The van der Waals surface area contributed by atoms with Gasteiger partial charge in [-0.15, -0.1) is 0 Å². The third kappa shape index (κ3) is 3.26. The van der Waals surface area contributed by atoms with E-state index in [9.17, 15) is 0 Å². The summed E-state index contributed by atoms with van der Waals surface area (Å²) in [5.74, 6) is 0.626. The summed E-state index contributed by atoms with van der Waals surface area (Å²) < 4.78 is 8.03. The minimum atomic E-state index is 0.508. The van der Waals surface area contributed by atoms with Gasteiger partial charge >= 0.3 is 0 Å². The number of benzene rings is 2. The van der Waals surface area contributed by atoms with Crippen LogP contribution in [0.5, 0.6) is 5.88 Å². The number of pyridine rings is 1. The van der Waals surface area contributed by atoms with E-state index in [1.54, 1.807) is 0 Å². The molecule has 0 amide bonds. The van der Waals surface area contributed by atoms with Crippen LogP contribution in [0.2, 0.25) is 0 Å². The molecule has 0 bridgehead atoms. The molecule has 0 atom stereocenters. The number of fused-ring (bicyclic) bond motifs is 1. The van der Waals surface area contributed by atoms with Crippen LogP contribution in [-0.4, -0.2) is 14.8 Å². The highest BCUT2D eigenvalue weighted by molar-refractivity contribution is 5.83. The molecule has 0 aliphatic carbocycles. The Morgan fingerprint density at radius 2 is 1.54 bits per heavy atom. The van der Waals surface area contributed by atoms with E-state index >= 15 is 0 Å². The van der Waals surface area contributed by atoms with Crippen LogP contribution in [0.15, 0.2) is 48.5 Å². The predicted molar refractivity (Wildman–Crippen MR) is 113 cm³/mol. The fourth-order valence-electron chi connectivity index (χ4n) is 3.88. The van der Waals surface area contributed by atoms with Crippen molar-refractivity contribution in [3.8, 4) is 11.6 Å². The van der Waals surface area contributed by atoms with Gasteiger partial charge < -0.3 is 4.74 Å². The maximum absolute atomic E-state index is 6.13. The molecule has 2 aromatic carbocycles. The lowest BCUT2D eigenvalue weighted by Crippen LogP contribution is -2.04. The number of nitrogens with zero attached hydrogens (tertiary/aromatic N) is 3. The quantitative estimate of drug-likeness (QED) is 0.473. The summed E-state index contributed by atoms with van der Waals surface area (Å²) in [5.41, 5.74) is 8.92. The van der Waals surface area contributed by atoms with Crippen molar-refractivity contribution in [1.82, 2.24) is 14.8 Å². The smallest absolute Gasteiger partial charge is 0.215 e. The zero-order chi connectivity index (χ0) is 19.8. The van der Waals surface area contributed by atoms with Crippen LogP contribution in [0, 0.1) is 34.6 Å². The highest BCUT2D eigenvalue weighted by atomic mass is 16.5. The fourth-order valence-corrected chi connectivity index (χ4v) is 3.88. The van der Waals surface area contributed by atoms with Crippen LogP contribution in [0.3, 0.4) is 0 Å². The lowest BCUT2D eigenvalue weighted by Gasteiger charge is -2.13. The Hall–Kier alpha value is -3.14. The van der Waals surface area contributed by atoms with Crippen molar-refractivity contribution in [2.75, 3.05) is 0 Å². The van der Waals surface area contributed by atoms with Crippen molar-refractivity contribution in [1.29, 1.82) is 0 Å². The van der Waals surface area contributed by atoms with E-state index in [4.69, 9.17) is 14.8 Å². The first-order valence-corrected chi connectivity index (χ1v) is 9.56. The molecular weight excluding hydrogens is 346 g/mol. The lowest BCUT2D eigenvalue weighted by molar-refractivity contribution is 0.293. The third-order valence-electron chi connectivity index (χ3n) is 5.19. The summed E-state index contributed by atoms with van der Waals surface area (Å²) in [5, 5.41) is 5.80. The van der Waals surface area contributed by atoms with E-state index < -0.39 is 0 Å². The summed E-state index contributed by atoms with van der Waals surface area (Å²) in [6.45, 7) is 11.0. The van der Waals surface area contributed by atoms with Crippen molar-refractivity contribution < 1.29 is 4.74 Å². The van der Waals surface area contributed by atoms with Gasteiger partial charge in [-0.2, -0.15) is 10.1 Å². The second-order valence-electron chi connectivity index (χ2n) is 7.47. The first-order chi connectivity index (χ1) is 13.4. The molecule has 0 spiro atoms. The van der Waals surface area contributed by atoms with E-state index in [2.05, 4.69) is 39.8 Å². The van der Waals surface area contributed by atoms with E-state index in [-0.39, 0.29) is 0 Å². The van der Waals surface area contributed by atoms with E-state index in [0.717, 1.165) is 28.0 Å². The Labute approximate surface area is 165 Å². The Kier molecular flexibility index (Phi) is 4.63. The van der Waals surface area contributed by atoms with Gasteiger partial charge in [-0.25, -0.2) is 4.68 Å². The number of rotatable bonds is 4. The van der Waals surface area contributed by atoms with Crippen LogP contribution in [0.1, 0.15) is 33.5 Å². The average molecular weight is 371 g/mol. The lowest BCUT2D eigenvalue weighted by atomic mass is 10.0. The Balaban J connectivity index is 1.73. The van der Waals surface area contributed by atoms with Crippen LogP contribution in [-0.2, 0) is 6.61 Å². The molecule has 0 saturated heterocycles. The predicted octanol–water partition coefficient (Wildman–Crippen LogP) is 5.54. The van der Waals surface area contributed by atoms with Crippen LogP contribution < -0.4 is 4.74 Å². The maximum Gasteiger partial charge on any atom is 0.215 e. The van der Waals surface area contributed by atoms with Crippen molar-refractivity contribution in [2.24, 2.45) is 0 Å². The number of para-hydroxylation sites is 1. The number of hydrogen-bond donors (Lipinski definition) is 0. The van der Waals surface area contributed by atoms with E-state index in [1.807, 2.05) is 48.0 Å². The average Bonchev–Trinajstić information content (AvgIpc) is 2.98. The highest BCUT2D eigenvalue weighted by Crippen LogP contribution is 2.27. The molecule has 2 heterocycles. The SMILES string of the molecule is Cc1cc(C)c(COc2cc(C)c3c(C)nn(-c4ccccc4)c3n2)c(C)c1. The fraction of sp³-hybridized carbons (Fsp3) is 0.250. The molecule has 0 aliphatic rings. The number of ether oxygens (including phenoxy) is 1. The molecule has 4 aromatic rings. The molecular formula is C24H25N3O. The molecule has 4 heteroatoms. The molecule has 0 unspecified atom stereocenters. The van der Waals surface area contributed by atoms with Crippen molar-refractivity contribution in [3.05, 3.63) is 82.0 Å². The van der Waals surface area contributed by atoms with Gasteiger partial charge in [0.1, 0.15) is 6.61 Å². The molecule has 0 saturated carbocycles. The van der Waals surface area contributed by atoms with Gasteiger partial charge in [0.05, 0.1) is 11.4 Å².